The molecule has 0 bridgehead atoms. The number of unbranched alkanes of at least 4 members (excludes halogenated alkanes) is 5. The fourth-order valence-corrected chi connectivity index (χ4v) is 3.12. The van der Waals surface area contributed by atoms with E-state index in [1.165, 1.54) is 46.5 Å². The Labute approximate surface area is 173 Å². The third-order valence-corrected chi connectivity index (χ3v) is 4.42. The van der Waals surface area contributed by atoms with Gasteiger partial charge >= 0.3 is 11.9 Å². The maximum Gasteiger partial charge on any atom is 0.308 e. The number of nitrogens with one attached hydrogen (secondary N) is 1. The lowest BCUT2D eigenvalue weighted by Crippen LogP contribution is -2.27. The zero-order valence-electron chi connectivity index (χ0n) is 18.3. The van der Waals surface area contributed by atoms with Crippen molar-refractivity contribution in [1.29, 1.82) is 0 Å². The monoisotopic (exact) mass is 406 g/mol. The average molecular weight is 407 g/mol. The standard InChI is InChI=1S/C22H34N2O5/c1-6-8-9-10-11-12-13-18-14-20(28-16(4)26)22(29-17(5)27)21(24-18)19(7-2)23-15(3)25/h14,19H,6-13H2,1-5H3,(H,23,25). The predicted octanol–water partition coefficient (Wildman–Crippen LogP) is 4.42. The summed E-state index contributed by atoms with van der Waals surface area (Å²) in [5, 5.41) is 2.82. The van der Waals surface area contributed by atoms with Gasteiger partial charge in [-0.05, 0) is 19.3 Å². The third kappa shape index (κ3) is 9.07. The fourth-order valence-electron chi connectivity index (χ4n) is 3.12. The lowest BCUT2D eigenvalue weighted by molar-refractivity contribution is -0.134. The number of hydrogen-bond donors (Lipinski definition) is 1. The Morgan fingerprint density at radius 1 is 0.966 bits per heavy atom. The van der Waals surface area contributed by atoms with Crippen LogP contribution in [0.2, 0.25) is 0 Å². The number of nitrogens with zero attached hydrogens (tertiary/aromatic N) is 1. The number of carbonyl (C=O) groups excluding carboxylic acids is 3. The molecule has 0 spiro atoms. The summed E-state index contributed by atoms with van der Waals surface area (Å²) in [7, 11) is 0. The van der Waals surface area contributed by atoms with E-state index in [1.54, 1.807) is 6.07 Å². The van der Waals surface area contributed by atoms with E-state index in [4.69, 9.17) is 9.47 Å². The molecule has 1 atom stereocenters. The summed E-state index contributed by atoms with van der Waals surface area (Å²) in [6.07, 6.45) is 8.14. The van der Waals surface area contributed by atoms with E-state index in [2.05, 4.69) is 17.2 Å². The number of esters is 2. The molecule has 1 heterocycles. The highest BCUT2D eigenvalue weighted by Gasteiger charge is 2.25. The van der Waals surface area contributed by atoms with Gasteiger partial charge in [-0.3, -0.25) is 19.4 Å². The van der Waals surface area contributed by atoms with Crippen molar-refractivity contribution in [2.75, 3.05) is 0 Å². The first-order valence-corrected chi connectivity index (χ1v) is 10.5. The summed E-state index contributed by atoms with van der Waals surface area (Å²) >= 11 is 0. The molecule has 0 aliphatic rings. The Morgan fingerprint density at radius 2 is 1.59 bits per heavy atom. The number of amides is 1. The highest BCUT2D eigenvalue weighted by molar-refractivity contribution is 5.75. The molecule has 7 nitrogen and oxygen atoms in total. The van der Waals surface area contributed by atoms with Crippen LogP contribution in [0.25, 0.3) is 0 Å². The highest BCUT2D eigenvalue weighted by atomic mass is 16.6. The van der Waals surface area contributed by atoms with Crippen LogP contribution in [0.1, 0.15) is 97.0 Å². The molecule has 1 aromatic rings. The third-order valence-electron chi connectivity index (χ3n) is 4.42. The Kier molecular flexibility index (Phi) is 10.9. The van der Waals surface area contributed by atoms with Crippen LogP contribution in [0.4, 0.5) is 0 Å². The van der Waals surface area contributed by atoms with E-state index < -0.39 is 18.0 Å². The molecule has 7 heteroatoms. The van der Waals surface area contributed by atoms with Crippen molar-refractivity contribution in [1.82, 2.24) is 10.3 Å². The fraction of sp³-hybridized carbons (Fsp3) is 0.636. The van der Waals surface area contributed by atoms with Gasteiger partial charge in [-0.25, -0.2) is 0 Å². The van der Waals surface area contributed by atoms with Gasteiger partial charge in [0.15, 0.2) is 11.5 Å². The summed E-state index contributed by atoms with van der Waals surface area (Å²) in [5.41, 5.74) is 1.14. The van der Waals surface area contributed by atoms with Gasteiger partial charge in [0.05, 0.1) is 6.04 Å². The summed E-state index contributed by atoms with van der Waals surface area (Å²) in [4.78, 5) is 39.5. The van der Waals surface area contributed by atoms with Crippen molar-refractivity contribution in [2.45, 2.75) is 92.0 Å². The Balaban J connectivity index is 3.21. The molecule has 0 radical (unpaired) electrons. The van der Waals surface area contributed by atoms with E-state index in [0.29, 0.717) is 18.5 Å². The van der Waals surface area contributed by atoms with Crippen LogP contribution >= 0.6 is 0 Å². The van der Waals surface area contributed by atoms with Gasteiger partial charge in [-0.1, -0.05) is 46.0 Å². The maximum absolute atomic E-state index is 11.6. The number of aryl methyl sites for hydroxylation is 1. The van der Waals surface area contributed by atoms with Gasteiger partial charge in [0.25, 0.3) is 0 Å². The van der Waals surface area contributed by atoms with Gasteiger partial charge in [-0.15, -0.1) is 0 Å². The largest absolute Gasteiger partial charge is 0.423 e. The maximum atomic E-state index is 11.6. The SMILES string of the molecule is CCCCCCCCc1cc(OC(C)=O)c(OC(C)=O)c(C(CC)NC(C)=O)n1. The minimum absolute atomic E-state index is 0.0833. The van der Waals surface area contributed by atoms with E-state index in [9.17, 15) is 14.4 Å². The van der Waals surface area contributed by atoms with Crippen LogP contribution < -0.4 is 14.8 Å². The number of carbonyl (C=O) groups is 3. The molecule has 0 aliphatic carbocycles. The van der Waals surface area contributed by atoms with E-state index >= 15 is 0 Å². The summed E-state index contributed by atoms with van der Waals surface area (Å²) in [6, 6.07) is 1.19. The summed E-state index contributed by atoms with van der Waals surface area (Å²) in [5.74, 6) is -1.05. The molecule has 0 fully saturated rings. The average Bonchev–Trinajstić information content (AvgIpc) is 2.63. The summed E-state index contributed by atoms with van der Waals surface area (Å²) in [6.45, 7) is 8.06. The normalized spacial score (nSPS) is 11.6. The molecule has 1 unspecified atom stereocenters. The van der Waals surface area contributed by atoms with Crippen molar-refractivity contribution in [2.24, 2.45) is 0 Å². The molecule has 1 N–H and O–H groups in total. The number of pyridine rings is 1. The predicted molar refractivity (Wildman–Crippen MR) is 111 cm³/mol. The van der Waals surface area contributed by atoms with Crippen molar-refractivity contribution in [3.05, 3.63) is 17.5 Å². The van der Waals surface area contributed by atoms with Crippen LogP contribution in [0.3, 0.4) is 0 Å². The topological polar surface area (TPSA) is 94.6 Å². The van der Waals surface area contributed by atoms with Crippen molar-refractivity contribution < 1.29 is 23.9 Å². The van der Waals surface area contributed by atoms with E-state index in [0.717, 1.165) is 18.5 Å². The molecule has 0 saturated heterocycles. The first kappa shape index (κ1) is 24.6. The van der Waals surface area contributed by atoms with Crippen LogP contribution in [0, 0.1) is 0 Å². The molecule has 1 aromatic heterocycles. The lowest BCUT2D eigenvalue weighted by Gasteiger charge is -2.21. The van der Waals surface area contributed by atoms with Crippen molar-refractivity contribution >= 4 is 17.8 Å². The molecule has 29 heavy (non-hydrogen) atoms. The minimum atomic E-state index is -0.553. The van der Waals surface area contributed by atoms with Gasteiger partial charge in [0, 0.05) is 32.5 Å². The van der Waals surface area contributed by atoms with Gasteiger partial charge in [0.1, 0.15) is 5.69 Å². The zero-order valence-corrected chi connectivity index (χ0v) is 18.3. The van der Waals surface area contributed by atoms with Crippen LogP contribution in [-0.4, -0.2) is 22.8 Å². The van der Waals surface area contributed by atoms with Crippen LogP contribution in [0.15, 0.2) is 6.07 Å². The lowest BCUT2D eigenvalue weighted by atomic mass is 10.0. The number of aromatic nitrogens is 1. The van der Waals surface area contributed by atoms with Crippen LogP contribution in [-0.2, 0) is 20.8 Å². The van der Waals surface area contributed by atoms with E-state index in [1.807, 2.05) is 6.92 Å². The first-order chi connectivity index (χ1) is 13.8. The van der Waals surface area contributed by atoms with E-state index in [-0.39, 0.29) is 17.4 Å². The number of ether oxygens (including phenoxy) is 2. The smallest absolute Gasteiger partial charge is 0.308 e. The van der Waals surface area contributed by atoms with Gasteiger partial charge < -0.3 is 14.8 Å². The quantitative estimate of drug-likeness (QED) is 0.408. The second-order valence-corrected chi connectivity index (χ2v) is 7.19. The Morgan fingerprint density at radius 3 is 2.14 bits per heavy atom. The van der Waals surface area contributed by atoms with Crippen molar-refractivity contribution in [3.63, 3.8) is 0 Å². The van der Waals surface area contributed by atoms with Crippen LogP contribution in [0.5, 0.6) is 11.5 Å². The van der Waals surface area contributed by atoms with Crippen molar-refractivity contribution in [3.8, 4) is 11.5 Å². The summed E-state index contributed by atoms with van der Waals surface area (Å²) < 4.78 is 10.7. The molecule has 0 aliphatic heterocycles. The molecular formula is C22H34N2O5. The molecule has 1 amide bonds. The number of hydrogen-bond acceptors (Lipinski definition) is 6. The second kappa shape index (κ2) is 12.9. The molecule has 1 rings (SSSR count). The second-order valence-electron chi connectivity index (χ2n) is 7.19. The molecule has 0 saturated carbocycles. The number of rotatable bonds is 12. The molecule has 0 aromatic carbocycles. The first-order valence-electron chi connectivity index (χ1n) is 10.5. The minimum Gasteiger partial charge on any atom is -0.423 e. The highest BCUT2D eigenvalue weighted by Crippen LogP contribution is 2.36. The molecular weight excluding hydrogens is 372 g/mol. The zero-order chi connectivity index (χ0) is 21.8. The van der Waals surface area contributed by atoms with Gasteiger partial charge in [-0.2, -0.15) is 0 Å². The molecule has 162 valence electrons. The Hall–Kier alpha value is -2.44. The van der Waals surface area contributed by atoms with Gasteiger partial charge in [0.2, 0.25) is 5.91 Å². The Bertz CT molecular complexity index is 703.